The van der Waals surface area contributed by atoms with Gasteiger partial charge in [-0.15, -0.1) is 0 Å². The van der Waals surface area contributed by atoms with E-state index in [2.05, 4.69) is 10.6 Å². The Kier molecular flexibility index (Phi) is 5.01. The first kappa shape index (κ1) is 15.4. The lowest BCUT2D eigenvalue weighted by molar-refractivity contribution is -0.384. The molecule has 0 aromatic heterocycles. The maximum Gasteiger partial charge on any atom is 0.312 e. The van der Waals surface area contributed by atoms with Gasteiger partial charge in [-0.2, -0.15) is 0 Å². The van der Waals surface area contributed by atoms with Crippen molar-refractivity contribution in [2.45, 2.75) is 19.9 Å². The van der Waals surface area contributed by atoms with Crippen molar-refractivity contribution in [3.8, 4) is 0 Å². The molecule has 1 aromatic rings. The molecule has 1 rings (SSSR count). The summed E-state index contributed by atoms with van der Waals surface area (Å²) < 4.78 is 0. The van der Waals surface area contributed by atoms with Crippen molar-refractivity contribution in [1.82, 2.24) is 5.32 Å². The van der Waals surface area contributed by atoms with Crippen LogP contribution in [0.2, 0.25) is 0 Å². The van der Waals surface area contributed by atoms with Crippen LogP contribution >= 0.6 is 0 Å². The van der Waals surface area contributed by atoms with Crippen LogP contribution < -0.4 is 16.4 Å². The number of nitro groups is 1. The number of hydrogen-bond donors (Lipinski definition) is 3. The van der Waals surface area contributed by atoms with Crippen molar-refractivity contribution in [1.29, 1.82) is 0 Å². The molecular weight excluding hydrogens is 264 g/mol. The van der Waals surface area contributed by atoms with Gasteiger partial charge in [0, 0.05) is 17.8 Å². The Bertz CT molecular complexity index is 530. The molecule has 0 aliphatic carbocycles. The molecule has 108 valence electrons. The molecule has 0 bridgehead atoms. The first-order valence-electron chi connectivity index (χ1n) is 5.92. The van der Waals surface area contributed by atoms with Crippen molar-refractivity contribution in [2.24, 2.45) is 11.7 Å². The van der Waals surface area contributed by atoms with Gasteiger partial charge in [0.25, 0.3) is 5.69 Å². The fourth-order valence-corrected chi connectivity index (χ4v) is 1.61. The third-order valence-electron chi connectivity index (χ3n) is 2.57. The molecule has 0 aliphatic heterocycles. The highest BCUT2D eigenvalue weighted by Crippen LogP contribution is 2.17. The van der Waals surface area contributed by atoms with Gasteiger partial charge in [0.15, 0.2) is 0 Å². The zero-order valence-corrected chi connectivity index (χ0v) is 11.1. The number of carbonyl (C=O) groups excluding carboxylic acids is 2. The van der Waals surface area contributed by atoms with Crippen molar-refractivity contribution in [3.05, 3.63) is 34.4 Å². The zero-order valence-electron chi connectivity index (χ0n) is 11.1. The topological polar surface area (TPSA) is 127 Å². The normalized spacial score (nSPS) is 11.8. The molecule has 8 nitrogen and oxygen atoms in total. The second-order valence-corrected chi connectivity index (χ2v) is 4.53. The van der Waals surface area contributed by atoms with Crippen LogP contribution in [0.4, 0.5) is 16.2 Å². The number of urea groups is 1. The molecule has 0 radical (unpaired) electrons. The number of nitro benzene ring substituents is 1. The van der Waals surface area contributed by atoms with Crippen LogP contribution in [-0.2, 0) is 4.79 Å². The monoisotopic (exact) mass is 280 g/mol. The summed E-state index contributed by atoms with van der Waals surface area (Å²) in [7, 11) is 0. The van der Waals surface area contributed by atoms with Crippen LogP contribution in [0.15, 0.2) is 24.3 Å². The number of hydrogen-bond acceptors (Lipinski definition) is 4. The summed E-state index contributed by atoms with van der Waals surface area (Å²) in [6.45, 7) is 3.49. The Balaban J connectivity index is 2.85. The van der Waals surface area contributed by atoms with E-state index in [1.807, 2.05) is 0 Å². The van der Waals surface area contributed by atoms with E-state index in [0.29, 0.717) is 0 Å². The standard InChI is InChI=1S/C12H16N4O4/c1-7(2)10(15-12(13)18)11(17)14-8-4-3-5-9(6-8)16(19)20/h3-7,10H,1-2H3,(H,14,17)(H3,13,15,18)/t10-/m1/s1. The number of carbonyl (C=O) groups is 2. The van der Waals surface area contributed by atoms with E-state index in [1.54, 1.807) is 13.8 Å². The van der Waals surface area contributed by atoms with E-state index in [1.165, 1.54) is 24.3 Å². The van der Waals surface area contributed by atoms with Gasteiger partial charge in [-0.1, -0.05) is 19.9 Å². The minimum Gasteiger partial charge on any atom is -0.352 e. The number of primary amides is 1. The lowest BCUT2D eigenvalue weighted by Gasteiger charge is -2.20. The summed E-state index contributed by atoms with van der Waals surface area (Å²) in [6, 6.07) is 3.91. The maximum atomic E-state index is 12.0. The number of anilines is 1. The fraction of sp³-hybridized carbons (Fsp3) is 0.333. The molecule has 0 saturated heterocycles. The van der Waals surface area contributed by atoms with E-state index in [-0.39, 0.29) is 17.3 Å². The van der Waals surface area contributed by atoms with E-state index in [0.717, 1.165) is 0 Å². The van der Waals surface area contributed by atoms with Crippen molar-refractivity contribution < 1.29 is 14.5 Å². The van der Waals surface area contributed by atoms with Crippen LogP contribution in [0.3, 0.4) is 0 Å². The SMILES string of the molecule is CC(C)[C@@H](NC(N)=O)C(=O)Nc1cccc([N+](=O)[O-])c1. The third-order valence-corrected chi connectivity index (χ3v) is 2.57. The smallest absolute Gasteiger partial charge is 0.312 e. The maximum absolute atomic E-state index is 12.0. The number of amides is 3. The van der Waals surface area contributed by atoms with Crippen molar-refractivity contribution in [3.63, 3.8) is 0 Å². The minimum atomic E-state index is -0.813. The molecule has 0 saturated carbocycles. The number of non-ortho nitro benzene ring substituents is 1. The number of benzene rings is 1. The van der Waals surface area contributed by atoms with Gasteiger partial charge >= 0.3 is 6.03 Å². The molecule has 0 aliphatic rings. The molecule has 0 spiro atoms. The van der Waals surface area contributed by atoms with E-state index < -0.39 is 22.9 Å². The molecular formula is C12H16N4O4. The van der Waals surface area contributed by atoms with Crippen LogP contribution in [0, 0.1) is 16.0 Å². The predicted molar refractivity (Wildman–Crippen MR) is 73.1 cm³/mol. The average molecular weight is 280 g/mol. The van der Waals surface area contributed by atoms with E-state index >= 15 is 0 Å². The average Bonchev–Trinajstić information content (AvgIpc) is 2.35. The summed E-state index contributed by atoms with van der Waals surface area (Å²) in [4.78, 5) is 33.0. The Morgan fingerprint density at radius 1 is 1.35 bits per heavy atom. The first-order valence-corrected chi connectivity index (χ1v) is 5.92. The molecule has 20 heavy (non-hydrogen) atoms. The van der Waals surface area contributed by atoms with Gasteiger partial charge in [0.05, 0.1) is 4.92 Å². The number of rotatable bonds is 5. The van der Waals surface area contributed by atoms with Crippen LogP contribution in [-0.4, -0.2) is 22.9 Å². The zero-order chi connectivity index (χ0) is 15.3. The Labute approximate surface area is 115 Å². The molecule has 3 amide bonds. The fourth-order valence-electron chi connectivity index (χ4n) is 1.61. The summed E-state index contributed by atoms with van der Waals surface area (Å²) in [5, 5.41) is 15.5. The number of nitrogens with two attached hydrogens (primary N) is 1. The molecule has 0 unspecified atom stereocenters. The molecule has 1 aromatic carbocycles. The largest absolute Gasteiger partial charge is 0.352 e. The summed E-state index contributed by atoms with van der Waals surface area (Å²) in [5.74, 6) is -0.666. The van der Waals surface area contributed by atoms with E-state index in [9.17, 15) is 19.7 Å². The van der Waals surface area contributed by atoms with Gasteiger partial charge in [0.2, 0.25) is 5.91 Å². The molecule has 0 heterocycles. The van der Waals surface area contributed by atoms with Gasteiger partial charge in [-0.05, 0) is 12.0 Å². The highest BCUT2D eigenvalue weighted by atomic mass is 16.6. The highest BCUT2D eigenvalue weighted by molar-refractivity contribution is 5.97. The number of nitrogens with zero attached hydrogens (tertiary/aromatic N) is 1. The van der Waals surface area contributed by atoms with Gasteiger partial charge in [-0.25, -0.2) is 4.79 Å². The Morgan fingerprint density at radius 3 is 2.50 bits per heavy atom. The Hall–Kier alpha value is -2.64. The molecule has 0 fully saturated rings. The van der Waals surface area contributed by atoms with Crippen molar-refractivity contribution in [2.75, 3.05) is 5.32 Å². The number of nitrogens with one attached hydrogen (secondary N) is 2. The van der Waals surface area contributed by atoms with Crippen molar-refractivity contribution >= 4 is 23.3 Å². The third kappa shape index (κ3) is 4.23. The highest BCUT2D eigenvalue weighted by Gasteiger charge is 2.23. The lowest BCUT2D eigenvalue weighted by Crippen LogP contribution is -2.49. The quantitative estimate of drug-likeness (QED) is 0.553. The van der Waals surface area contributed by atoms with Gasteiger partial charge in [-0.3, -0.25) is 14.9 Å². The lowest BCUT2D eigenvalue weighted by atomic mass is 10.0. The van der Waals surface area contributed by atoms with Gasteiger partial charge in [0.1, 0.15) is 6.04 Å². The first-order chi connectivity index (χ1) is 9.31. The Morgan fingerprint density at radius 2 is 2.00 bits per heavy atom. The molecule has 4 N–H and O–H groups in total. The second kappa shape index (κ2) is 6.50. The van der Waals surface area contributed by atoms with Crippen LogP contribution in [0.1, 0.15) is 13.8 Å². The molecule has 1 atom stereocenters. The predicted octanol–water partition coefficient (Wildman–Crippen LogP) is 1.23. The second-order valence-electron chi connectivity index (χ2n) is 4.53. The van der Waals surface area contributed by atoms with Crippen LogP contribution in [0.5, 0.6) is 0 Å². The summed E-state index contributed by atoms with van der Waals surface area (Å²) in [6.07, 6.45) is 0. The van der Waals surface area contributed by atoms with E-state index in [4.69, 9.17) is 5.73 Å². The minimum absolute atomic E-state index is 0.133. The molecule has 8 heteroatoms. The summed E-state index contributed by atoms with van der Waals surface area (Å²) >= 11 is 0. The summed E-state index contributed by atoms with van der Waals surface area (Å²) in [5.41, 5.74) is 5.15. The van der Waals surface area contributed by atoms with Gasteiger partial charge < -0.3 is 16.4 Å². The van der Waals surface area contributed by atoms with Crippen LogP contribution in [0.25, 0.3) is 0 Å².